The molecule has 0 saturated carbocycles. The predicted molar refractivity (Wildman–Crippen MR) is 93.3 cm³/mol. The Kier molecular flexibility index (Phi) is 8.20. The number of halogens is 1. The molecule has 26 heavy (non-hydrogen) atoms. The first kappa shape index (κ1) is 21.6. The van der Waals surface area contributed by atoms with Crippen LogP contribution in [-0.4, -0.2) is 49.7 Å². The molecule has 1 aromatic heterocycles. The number of methoxy groups -OCH3 is 2. The van der Waals surface area contributed by atoms with E-state index in [9.17, 15) is 19.5 Å². The molecular weight excluding hydrogens is 388 g/mol. The smallest absolute Gasteiger partial charge is 0.362 e. The van der Waals surface area contributed by atoms with Crippen LogP contribution in [0.15, 0.2) is 21.7 Å². The van der Waals surface area contributed by atoms with Crippen molar-refractivity contribution in [2.75, 3.05) is 26.7 Å². The Bertz CT molecular complexity index is 770. The SMILES string of the molecule is CCOC(=O)/C(N=Nc1sc(C(=O)OC)c(C)c1C(=O)OC)=C(/O)CCl. The summed E-state index contributed by atoms with van der Waals surface area (Å²) in [6.45, 7) is 3.14. The molecule has 0 aromatic carbocycles. The Morgan fingerprint density at radius 3 is 2.31 bits per heavy atom. The van der Waals surface area contributed by atoms with Crippen LogP contribution in [0.4, 0.5) is 5.00 Å². The number of esters is 3. The lowest BCUT2D eigenvalue weighted by Crippen LogP contribution is -2.09. The number of carbonyl (C=O) groups excluding carboxylic acids is 3. The highest BCUT2D eigenvalue weighted by Gasteiger charge is 2.26. The van der Waals surface area contributed by atoms with Gasteiger partial charge < -0.3 is 19.3 Å². The maximum Gasteiger partial charge on any atom is 0.362 e. The van der Waals surface area contributed by atoms with Crippen molar-refractivity contribution in [3.8, 4) is 0 Å². The molecule has 9 nitrogen and oxygen atoms in total. The zero-order chi connectivity index (χ0) is 19.9. The van der Waals surface area contributed by atoms with Crippen molar-refractivity contribution < 1.29 is 33.7 Å². The second-order valence-electron chi connectivity index (χ2n) is 4.57. The third-order valence-electron chi connectivity index (χ3n) is 3.00. The Hall–Kier alpha value is -2.46. The molecule has 142 valence electrons. The summed E-state index contributed by atoms with van der Waals surface area (Å²) in [6, 6.07) is 0. The number of hydrogen-bond donors (Lipinski definition) is 1. The van der Waals surface area contributed by atoms with Gasteiger partial charge in [0.1, 0.15) is 16.2 Å². The molecule has 0 atom stereocenters. The fraction of sp³-hybridized carbons (Fsp3) is 0.400. The molecule has 0 aliphatic carbocycles. The van der Waals surface area contributed by atoms with E-state index in [1.54, 1.807) is 6.92 Å². The number of azo groups is 1. The third kappa shape index (κ3) is 4.79. The number of aliphatic hydroxyl groups is 1. The van der Waals surface area contributed by atoms with E-state index in [1.165, 1.54) is 21.1 Å². The number of aliphatic hydroxyl groups excluding tert-OH is 1. The molecule has 0 saturated heterocycles. The van der Waals surface area contributed by atoms with Crippen LogP contribution in [0.3, 0.4) is 0 Å². The summed E-state index contributed by atoms with van der Waals surface area (Å²) in [6.07, 6.45) is 0. The maximum absolute atomic E-state index is 12.0. The lowest BCUT2D eigenvalue weighted by Gasteiger charge is -2.03. The van der Waals surface area contributed by atoms with Gasteiger partial charge in [0.2, 0.25) is 5.70 Å². The molecular formula is C15H17ClN2O7S. The second-order valence-corrected chi connectivity index (χ2v) is 5.84. The monoisotopic (exact) mass is 404 g/mol. The van der Waals surface area contributed by atoms with Crippen LogP contribution < -0.4 is 0 Å². The molecule has 0 amide bonds. The lowest BCUT2D eigenvalue weighted by molar-refractivity contribution is -0.138. The van der Waals surface area contributed by atoms with E-state index in [1.807, 2.05) is 0 Å². The molecule has 0 bridgehead atoms. The maximum atomic E-state index is 12.0. The summed E-state index contributed by atoms with van der Waals surface area (Å²) in [4.78, 5) is 35.8. The Balaban J connectivity index is 3.45. The summed E-state index contributed by atoms with van der Waals surface area (Å²) in [5.41, 5.74) is -0.218. The van der Waals surface area contributed by atoms with Crippen LogP contribution in [0.25, 0.3) is 0 Å². The zero-order valence-corrected chi connectivity index (χ0v) is 16.1. The largest absolute Gasteiger partial charge is 0.508 e. The number of alkyl halides is 1. The van der Waals surface area contributed by atoms with E-state index < -0.39 is 35.2 Å². The van der Waals surface area contributed by atoms with Crippen LogP contribution in [0.1, 0.15) is 32.5 Å². The van der Waals surface area contributed by atoms with Gasteiger partial charge in [0.05, 0.1) is 26.7 Å². The molecule has 0 fully saturated rings. The molecule has 1 aromatic rings. The number of rotatable bonds is 7. The zero-order valence-electron chi connectivity index (χ0n) is 14.5. The average molecular weight is 405 g/mol. The van der Waals surface area contributed by atoms with Gasteiger partial charge in [0.15, 0.2) is 5.00 Å². The Morgan fingerprint density at radius 1 is 1.19 bits per heavy atom. The van der Waals surface area contributed by atoms with Crippen LogP contribution in [0.5, 0.6) is 0 Å². The van der Waals surface area contributed by atoms with Crippen LogP contribution in [-0.2, 0) is 19.0 Å². The number of hydrogen-bond acceptors (Lipinski definition) is 10. The number of thiophene rings is 1. The van der Waals surface area contributed by atoms with Gasteiger partial charge in [0.25, 0.3) is 0 Å². The average Bonchev–Trinajstić information content (AvgIpc) is 2.96. The summed E-state index contributed by atoms with van der Waals surface area (Å²) in [7, 11) is 2.36. The molecule has 0 unspecified atom stereocenters. The molecule has 0 aliphatic rings. The van der Waals surface area contributed by atoms with Gasteiger partial charge in [-0.3, -0.25) is 0 Å². The summed E-state index contributed by atoms with van der Waals surface area (Å²) >= 11 is 6.34. The second kappa shape index (κ2) is 9.88. The van der Waals surface area contributed by atoms with Gasteiger partial charge in [-0.25, -0.2) is 14.4 Å². The van der Waals surface area contributed by atoms with Crippen molar-refractivity contribution in [1.82, 2.24) is 0 Å². The predicted octanol–water partition coefficient (Wildman–Crippen LogP) is 3.28. The minimum atomic E-state index is -0.935. The minimum absolute atomic E-state index is 0.000999. The highest BCUT2D eigenvalue weighted by atomic mass is 35.5. The Morgan fingerprint density at radius 2 is 1.81 bits per heavy atom. The van der Waals surface area contributed by atoms with E-state index >= 15 is 0 Å². The molecule has 1 N–H and O–H groups in total. The van der Waals surface area contributed by atoms with E-state index in [-0.39, 0.29) is 22.0 Å². The minimum Gasteiger partial charge on any atom is -0.508 e. The first-order valence-corrected chi connectivity index (χ1v) is 8.54. The lowest BCUT2D eigenvalue weighted by atomic mass is 10.1. The van der Waals surface area contributed by atoms with Crippen LogP contribution >= 0.6 is 22.9 Å². The van der Waals surface area contributed by atoms with Gasteiger partial charge in [-0.15, -0.1) is 33.2 Å². The van der Waals surface area contributed by atoms with Crippen molar-refractivity contribution in [2.45, 2.75) is 13.8 Å². The molecule has 0 radical (unpaired) electrons. The fourth-order valence-corrected chi connectivity index (χ4v) is 2.93. The van der Waals surface area contributed by atoms with Gasteiger partial charge in [-0.05, 0) is 19.4 Å². The van der Waals surface area contributed by atoms with Crippen LogP contribution in [0, 0.1) is 6.92 Å². The summed E-state index contributed by atoms with van der Waals surface area (Å²) < 4.78 is 14.1. The molecule has 11 heteroatoms. The normalized spacial score (nSPS) is 11.9. The topological polar surface area (TPSA) is 124 Å². The number of ether oxygens (including phenoxy) is 3. The van der Waals surface area contributed by atoms with Crippen molar-refractivity contribution in [3.05, 3.63) is 27.5 Å². The summed E-state index contributed by atoms with van der Waals surface area (Å²) in [5, 5.41) is 17.2. The summed E-state index contributed by atoms with van der Waals surface area (Å²) in [5.74, 6) is -3.28. The Labute approximate surface area is 158 Å². The van der Waals surface area contributed by atoms with Crippen molar-refractivity contribution in [2.24, 2.45) is 10.2 Å². The molecule has 0 spiro atoms. The van der Waals surface area contributed by atoms with Gasteiger partial charge in [0, 0.05) is 0 Å². The number of allylic oxidation sites excluding steroid dienone is 1. The van der Waals surface area contributed by atoms with Crippen molar-refractivity contribution in [1.29, 1.82) is 0 Å². The number of nitrogens with zero attached hydrogens (tertiary/aromatic N) is 2. The fourth-order valence-electron chi connectivity index (χ4n) is 1.77. The van der Waals surface area contributed by atoms with Gasteiger partial charge in [-0.1, -0.05) is 0 Å². The molecule has 0 aliphatic heterocycles. The third-order valence-corrected chi connectivity index (χ3v) is 4.41. The number of carbonyl (C=O) groups is 3. The first-order valence-electron chi connectivity index (χ1n) is 7.19. The van der Waals surface area contributed by atoms with E-state index in [0.717, 1.165) is 11.3 Å². The van der Waals surface area contributed by atoms with E-state index in [4.69, 9.17) is 16.3 Å². The molecule has 1 heterocycles. The van der Waals surface area contributed by atoms with E-state index in [0.29, 0.717) is 5.56 Å². The van der Waals surface area contributed by atoms with E-state index in [2.05, 4.69) is 19.7 Å². The standard InChI is InChI=1S/C15H17ClN2O7S/c1-5-25-14(21)10(8(19)6-16)17-18-12-9(13(20)23-3)7(2)11(26-12)15(22)24-4/h19H,5-6H2,1-4H3/b10-8-,18-17?. The van der Waals surface area contributed by atoms with Crippen LogP contribution in [0.2, 0.25) is 0 Å². The van der Waals surface area contributed by atoms with Crippen molar-refractivity contribution in [3.63, 3.8) is 0 Å². The first-order chi connectivity index (χ1) is 12.3. The quantitative estimate of drug-likeness (QED) is 0.184. The van der Waals surface area contributed by atoms with Crippen molar-refractivity contribution >= 4 is 45.8 Å². The molecule has 1 rings (SSSR count). The highest BCUT2D eigenvalue weighted by Crippen LogP contribution is 2.37. The highest BCUT2D eigenvalue weighted by molar-refractivity contribution is 7.18. The van der Waals surface area contributed by atoms with Gasteiger partial charge >= 0.3 is 17.9 Å². The van der Waals surface area contributed by atoms with Gasteiger partial charge in [-0.2, -0.15) is 0 Å².